The Morgan fingerprint density at radius 3 is 2.62 bits per heavy atom. The summed E-state index contributed by atoms with van der Waals surface area (Å²) in [5, 5.41) is 17.2. The van der Waals surface area contributed by atoms with E-state index in [0.717, 1.165) is 11.3 Å². The lowest BCUT2D eigenvalue weighted by Gasteiger charge is -2.16. The molecular formula is C7H11N3O2S. The number of aliphatic hydroxyl groups is 1. The van der Waals surface area contributed by atoms with Gasteiger partial charge in [0.05, 0.1) is 6.61 Å². The quantitative estimate of drug-likeness (QED) is 0.715. The summed E-state index contributed by atoms with van der Waals surface area (Å²) >= 11 is 1.12. The minimum Gasteiger partial charge on any atom is -0.395 e. The molecule has 0 fully saturated rings. The largest absolute Gasteiger partial charge is 0.395 e. The minimum absolute atomic E-state index is 0.0413. The number of nitrogens with zero attached hydrogens (tertiary/aromatic N) is 2. The van der Waals surface area contributed by atoms with E-state index in [0.29, 0.717) is 5.01 Å². The van der Waals surface area contributed by atoms with Crippen LogP contribution in [0, 0.1) is 0 Å². The molecule has 0 radical (unpaired) electrons. The molecule has 1 amide bonds. The third-order valence-corrected chi connectivity index (χ3v) is 2.91. The van der Waals surface area contributed by atoms with Crippen LogP contribution in [0.5, 0.6) is 0 Å². The number of hydrogen-bond donors (Lipinski definition) is 2. The highest BCUT2D eigenvalue weighted by atomic mass is 32.1. The van der Waals surface area contributed by atoms with Crippen LogP contribution in [0.3, 0.4) is 0 Å². The highest BCUT2D eigenvalue weighted by molar-refractivity contribution is 7.13. The molecule has 0 unspecified atom stereocenters. The summed E-state index contributed by atoms with van der Waals surface area (Å²) in [6.07, 6.45) is 0. The Labute approximate surface area is 79.6 Å². The molecule has 0 saturated carbocycles. The van der Waals surface area contributed by atoms with Crippen LogP contribution in [-0.4, -0.2) is 27.8 Å². The Bertz CT molecular complexity index is 321. The maximum absolute atomic E-state index is 10.7. The van der Waals surface area contributed by atoms with Gasteiger partial charge in [0.15, 0.2) is 0 Å². The van der Waals surface area contributed by atoms with Gasteiger partial charge in [-0.3, -0.25) is 4.79 Å². The van der Waals surface area contributed by atoms with E-state index >= 15 is 0 Å². The fourth-order valence-corrected chi connectivity index (χ4v) is 1.45. The lowest BCUT2D eigenvalue weighted by atomic mass is 9.96. The normalized spacial score (nSPS) is 11.6. The molecule has 0 aliphatic carbocycles. The number of aliphatic hydroxyl groups excluding tert-OH is 1. The molecular weight excluding hydrogens is 190 g/mol. The van der Waals surface area contributed by atoms with Crippen LogP contribution >= 0.6 is 11.3 Å². The number of primary amides is 1. The van der Waals surface area contributed by atoms with Crippen LogP contribution in [0.25, 0.3) is 0 Å². The average Bonchev–Trinajstić information content (AvgIpc) is 2.52. The maximum atomic E-state index is 10.7. The van der Waals surface area contributed by atoms with Crippen LogP contribution in [0.1, 0.15) is 28.7 Å². The second-order valence-corrected chi connectivity index (χ2v) is 4.30. The topological polar surface area (TPSA) is 89.1 Å². The first-order valence-corrected chi connectivity index (χ1v) is 4.53. The van der Waals surface area contributed by atoms with Crippen molar-refractivity contribution >= 4 is 17.2 Å². The number of nitrogens with two attached hydrogens (primary N) is 1. The van der Waals surface area contributed by atoms with Gasteiger partial charge in [-0.2, -0.15) is 0 Å². The van der Waals surface area contributed by atoms with Gasteiger partial charge >= 0.3 is 0 Å². The van der Waals surface area contributed by atoms with Crippen LogP contribution in [-0.2, 0) is 5.41 Å². The van der Waals surface area contributed by atoms with E-state index in [1.54, 1.807) is 0 Å². The lowest BCUT2D eigenvalue weighted by Crippen LogP contribution is -2.21. The molecule has 1 aromatic rings. The number of rotatable bonds is 3. The van der Waals surface area contributed by atoms with E-state index in [9.17, 15) is 4.79 Å². The molecule has 0 spiro atoms. The van der Waals surface area contributed by atoms with Gasteiger partial charge in [0.25, 0.3) is 5.91 Å². The van der Waals surface area contributed by atoms with Crippen molar-refractivity contribution in [2.75, 3.05) is 6.61 Å². The van der Waals surface area contributed by atoms with Crippen molar-refractivity contribution in [3.63, 3.8) is 0 Å². The van der Waals surface area contributed by atoms with Gasteiger partial charge in [0.1, 0.15) is 5.01 Å². The monoisotopic (exact) mass is 201 g/mol. The second kappa shape index (κ2) is 3.39. The highest BCUT2D eigenvalue weighted by Gasteiger charge is 2.25. The zero-order chi connectivity index (χ0) is 10.1. The third kappa shape index (κ3) is 2.02. The molecule has 1 heterocycles. The van der Waals surface area contributed by atoms with E-state index in [1.807, 2.05) is 13.8 Å². The van der Waals surface area contributed by atoms with Crippen molar-refractivity contribution in [3.8, 4) is 0 Å². The van der Waals surface area contributed by atoms with Crippen molar-refractivity contribution < 1.29 is 9.90 Å². The highest BCUT2D eigenvalue weighted by Crippen LogP contribution is 2.25. The number of carbonyl (C=O) groups excluding carboxylic acids is 1. The van der Waals surface area contributed by atoms with E-state index in [1.165, 1.54) is 0 Å². The summed E-state index contributed by atoms with van der Waals surface area (Å²) in [4.78, 5) is 10.7. The average molecular weight is 201 g/mol. The van der Waals surface area contributed by atoms with Crippen LogP contribution in [0.4, 0.5) is 0 Å². The Balaban J connectivity index is 2.98. The van der Waals surface area contributed by atoms with Gasteiger partial charge in [0.2, 0.25) is 5.01 Å². The fraction of sp³-hybridized carbons (Fsp3) is 0.571. The van der Waals surface area contributed by atoms with E-state index in [4.69, 9.17) is 10.8 Å². The molecule has 0 aromatic carbocycles. The van der Waals surface area contributed by atoms with Crippen LogP contribution < -0.4 is 5.73 Å². The van der Waals surface area contributed by atoms with Gasteiger partial charge < -0.3 is 10.8 Å². The van der Waals surface area contributed by atoms with Crippen molar-refractivity contribution in [3.05, 3.63) is 10.0 Å². The van der Waals surface area contributed by atoms with Gasteiger partial charge in [-0.05, 0) is 0 Å². The lowest BCUT2D eigenvalue weighted by molar-refractivity contribution is 0.0999. The maximum Gasteiger partial charge on any atom is 0.279 e. The molecule has 5 nitrogen and oxygen atoms in total. The van der Waals surface area contributed by atoms with Crippen molar-refractivity contribution in [2.24, 2.45) is 5.73 Å². The molecule has 0 bridgehead atoms. The number of carbonyl (C=O) groups is 1. The Morgan fingerprint density at radius 1 is 1.62 bits per heavy atom. The number of hydrogen-bond acceptors (Lipinski definition) is 5. The molecule has 0 aliphatic heterocycles. The molecule has 6 heteroatoms. The first-order valence-electron chi connectivity index (χ1n) is 3.72. The van der Waals surface area contributed by atoms with E-state index in [-0.39, 0.29) is 11.6 Å². The fourth-order valence-electron chi connectivity index (χ4n) is 0.664. The SMILES string of the molecule is CC(C)(CO)c1nnc(C(N)=O)s1. The standard InChI is InChI=1S/C7H11N3O2S/c1-7(2,3-11)6-10-9-5(13-6)4(8)12/h11H,3H2,1-2H3,(H2,8,12). The molecule has 72 valence electrons. The molecule has 1 rings (SSSR count). The van der Waals surface area contributed by atoms with Gasteiger partial charge in [-0.1, -0.05) is 25.2 Å². The minimum atomic E-state index is -0.586. The van der Waals surface area contributed by atoms with Gasteiger partial charge in [0, 0.05) is 5.41 Å². The molecule has 0 atom stereocenters. The summed E-state index contributed by atoms with van der Waals surface area (Å²) < 4.78 is 0. The van der Waals surface area contributed by atoms with E-state index in [2.05, 4.69) is 10.2 Å². The molecule has 13 heavy (non-hydrogen) atoms. The molecule has 0 aliphatic rings. The van der Waals surface area contributed by atoms with Crippen LogP contribution in [0.15, 0.2) is 0 Å². The van der Waals surface area contributed by atoms with Crippen LogP contribution in [0.2, 0.25) is 0 Å². The Kier molecular flexibility index (Phi) is 2.63. The van der Waals surface area contributed by atoms with E-state index < -0.39 is 11.3 Å². The predicted octanol–water partition coefficient (Wildman–Crippen LogP) is -0.0931. The van der Waals surface area contributed by atoms with Gasteiger partial charge in [-0.25, -0.2) is 0 Å². The summed E-state index contributed by atoms with van der Waals surface area (Å²) in [6.45, 7) is 3.59. The summed E-state index contributed by atoms with van der Waals surface area (Å²) in [5.74, 6) is -0.586. The Hall–Kier alpha value is -1.01. The number of amides is 1. The predicted molar refractivity (Wildman–Crippen MR) is 48.5 cm³/mol. The second-order valence-electron chi connectivity index (χ2n) is 3.32. The zero-order valence-electron chi connectivity index (χ0n) is 7.44. The number of aromatic nitrogens is 2. The smallest absolute Gasteiger partial charge is 0.279 e. The first-order chi connectivity index (χ1) is 5.97. The molecule has 1 aromatic heterocycles. The summed E-state index contributed by atoms with van der Waals surface area (Å²) in [7, 11) is 0. The van der Waals surface area contributed by atoms with Gasteiger partial charge in [-0.15, -0.1) is 10.2 Å². The van der Waals surface area contributed by atoms with Crippen molar-refractivity contribution in [1.82, 2.24) is 10.2 Å². The first kappa shape index (κ1) is 10.1. The molecule has 0 saturated heterocycles. The Morgan fingerprint density at radius 2 is 2.23 bits per heavy atom. The summed E-state index contributed by atoms with van der Waals surface area (Å²) in [6, 6.07) is 0. The summed E-state index contributed by atoms with van der Waals surface area (Å²) in [5.41, 5.74) is 4.55. The molecule has 3 N–H and O–H groups in total. The van der Waals surface area contributed by atoms with Crippen molar-refractivity contribution in [2.45, 2.75) is 19.3 Å². The van der Waals surface area contributed by atoms with Crippen molar-refractivity contribution in [1.29, 1.82) is 0 Å². The third-order valence-electron chi connectivity index (χ3n) is 1.61. The zero-order valence-corrected chi connectivity index (χ0v) is 8.26.